The highest BCUT2D eigenvalue weighted by Crippen LogP contribution is 2.26. The van der Waals surface area contributed by atoms with E-state index in [1.54, 1.807) is 0 Å². The normalized spacial score (nSPS) is 24.5. The minimum absolute atomic E-state index is 0.191. The van der Waals surface area contributed by atoms with Gasteiger partial charge in [-0.1, -0.05) is 44.1 Å². The van der Waals surface area contributed by atoms with E-state index < -0.39 is 12.2 Å². The maximum Gasteiger partial charge on any atom is 0.305 e. The second-order valence-electron chi connectivity index (χ2n) is 6.96. The highest BCUT2D eigenvalue weighted by Gasteiger charge is 2.36. The van der Waals surface area contributed by atoms with Crippen LogP contribution in [0.1, 0.15) is 71.1 Å². The van der Waals surface area contributed by atoms with E-state index in [1.165, 1.54) is 26.4 Å². The summed E-state index contributed by atoms with van der Waals surface area (Å²) in [6.45, 7) is 2.18. The zero-order valence-electron chi connectivity index (χ0n) is 16.3. The van der Waals surface area contributed by atoms with E-state index in [-0.39, 0.29) is 18.2 Å². The van der Waals surface area contributed by atoms with E-state index in [9.17, 15) is 15.0 Å². The minimum atomic E-state index is -0.568. The van der Waals surface area contributed by atoms with Gasteiger partial charge in [0.1, 0.15) is 0 Å². The summed E-state index contributed by atoms with van der Waals surface area (Å²) in [5.74, 6) is -0.191. The van der Waals surface area contributed by atoms with E-state index in [1.807, 2.05) is 18.2 Å². The second-order valence-corrected chi connectivity index (χ2v) is 6.96. The van der Waals surface area contributed by atoms with Crippen LogP contribution < -0.4 is 0 Å². The van der Waals surface area contributed by atoms with Gasteiger partial charge in [-0.15, -0.1) is 0 Å². The van der Waals surface area contributed by atoms with Gasteiger partial charge < -0.3 is 19.7 Å². The first kappa shape index (κ1) is 22.9. The highest BCUT2D eigenvalue weighted by atomic mass is 16.5. The number of carbonyl (C=O) groups excluding carboxylic acids is 1. The first-order chi connectivity index (χ1) is 12.6. The molecule has 5 nitrogen and oxygen atoms in total. The van der Waals surface area contributed by atoms with Crippen molar-refractivity contribution in [1.82, 2.24) is 0 Å². The van der Waals surface area contributed by atoms with E-state index in [4.69, 9.17) is 4.74 Å². The van der Waals surface area contributed by atoms with Gasteiger partial charge in [0.2, 0.25) is 0 Å². The quantitative estimate of drug-likeness (QED) is 0.295. The number of ether oxygens (including phenoxy) is 2. The molecule has 4 atom stereocenters. The number of unbranched alkanes of at least 4 members (excludes halogenated alkanes) is 4. The first-order valence-electron chi connectivity index (χ1n) is 9.96. The van der Waals surface area contributed by atoms with E-state index >= 15 is 0 Å². The van der Waals surface area contributed by atoms with Crippen LogP contribution in [0.4, 0.5) is 0 Å². The van der Waals surface area contributed by atoms with E-state index in [0.717, 1.165) is 19.3 Å². The molecule has 1 fully saturated rings. The van der Waals surface area contributed by atoms with Gasteiger partial charge in [0.25, 0.3) is 0 Å². The van der Waals surface area contributed by atoms with E-state index in [2.05, 4.69) is 17.7 Å². The third-order valence-corrected chi connectivity index (χ3v) is 4.71. The fourth-order valence-corrected chi connectivity index (χ4v) is 3.05. The maximum atomic E-state index is 11.0. The van der Waals surface area contributed by atoms with Crippen LogP contribution in [0.15, 0.2) is 24.3 Å². The smallest absolute Gasteiger partial charge is 0.305 e. The molecule has 0 amide bonds. The third kappa shape index (κ3) is 9.51. The molecular weight excluding hydrogens is 332 g/mol. The Kier molecular flexibility index (Phi) is 12.3. The lowest BCUT2D eigenvalue weighted by Crippen LogP contribution is -2.25. The van der Waals surface area contributed by atoms with Gasteiger partial charge in [0.15, 0.2) is 0 Å². The molecule has 2 N–H and O–H groups in total. The van der Waals surface area contributed by atoms with Crippen LogP contribution in [0.25, 0.3) is 0 Å². The minimum Gasteiger partial charge on any atom is -0.469 e. The van der Waals surface area contributed by atoms with Gasteiger partial charge in [-0.2, -0.15) is 0 Å². The number of methoxy groups -OCH3 is 1. The van der Waals surface area contributed by atoms with Crippen LogP contribution in [0.3, 0.4) is 0 Å². The SMILES string of the molecule is CCCCCC=CCC(O)[C@H]1CC(O)[C@H](CC=CCCCC(=O)OC)O1. The Morgan fingerprint density at radius 2 is 1.92 bits per heavy atom. The number of allylic oxidation sites excluding steroid dienone is 2. The molecule has 150 valence electrons. The Balaban J connectivity index is 2.21. The van der Waals surface area contributed by atoms with Crippen LogP contribution in [0, 0.1) is 0 Å². The van der Waals surface area contributed by atoms with Crippen molar-refractivity contribution in [1.29, 1.82) is 0 Å². The number of hydrogen-bond acceptors (Lipinski definition) is 5. The van der Waals surface area contributed by atoms with Crippen molar-refractivity contribution in [2.75, 3.05) is 7.11 Å². The Bertz CT molecular complexity index is 432. The van der Waals surface area contributed by atoms with Crippen LogP contribution >= 0.6 is 0 Å². The summed E-state index contributed by atoms with van der Waals surface area (Å²) in [4.78, 5) is 11.0. The van der Waals surface area contributed by atoms with Crippen LogP contribution in [0.5, 0.6) is 0 Å². The monoisotopic (exact) mass is 368 g/mol. The Hall–Kier alpha value is -1.17. The fraction of sp³-hybridized carbons (Fsp3) is 0.762. The van der Waals surface area contributed by atoms with Gasteiger partial charge >= 0.3 is 5.97 Å². The Labute approximate surface area is 158 Å². The Morgan fingerprint density at radius 1 is 1.19 bits per heavy atom. The largest absolute Gasteiger partial charge is 0.469 e. The zero-order chi connectivity index (χ0) is 19.2. The van der Waals surface area contributed by atoms with Crippen molar-refractivity contribution in [3.05, 3.63) is 24.3 Å². The molecule has 0 saturated carbocycles. The molecule has 0 aromatic heterocycles. The molecule has 0 aliphatic carbocycles. The molecule has 1 heterocycles. The zero-order valence-corrected chi connectivity index (χ0v) is 16.3. The average molecular weight is 369 g/mol. The number of hydrogen-bond donors (Lipinski definition) is 2. The van der Waals surface area contributed by atoms with Crippen molar-refractivity contribution in [2.24, 2.45) is 0 Å². The molecule has 0 radical (unpaired) electrons. The number of carbonyl (C=O) groups is 1. The molecule has 0 spiro atoms. The molecule has 5 heteroatoms. The number of rotatable bonds is 13. The molecular formula is C21H36O5. The molecule has 26 heavy (non-hydrogen) atoms. The first-order valence-corrected chi connectivity index (χ1v) is 9.96. The molecule has 0 bridgehead atoms. The predicted molar refractivity (Wildman–Crippen MR) is 103 cm³/mol. The van der Waals surface area contributed by atoms with Crippen LogP contribution in [-0.4, -0.2) is 47.7 Å². The van der Waals surface area contributed by atoms with Crippen molar-refractivity contribution < 1.29 is 24.5 Å². The van der Waals surface area contributed by atoms with Gasteiger partial charge in [0.05, 0.1) is 31.5 Å². The lowest BCUT2D eigenvalue weighted by atomic mass is 10.0. The van der Waals surface area contributed by atoms with Gasteiger partial charge in [-0.05, 0) is 38.5 Å². The van der Waals surface area contributed by atoms with Gasteiger partial charge in [-0.25, -0.2) is 0 Å². The average Bonchev–Trinajstić information content (AvgIpc) is 3.01. The van der Waals surface area contributed by atoms with Crippen LogP contribution in [-0.2, 0) is 14.3 Å². The van der Waals surface area contributed by atoms with Gasteiger partial charge in [-0.3, -0.25) is 4.79 Å². The summed E-state index contributed by atoms with van der Waals surface area (Å²) in [5.41, 5.74) is 0. The summed E-state index contributed by atoms with van der Waals surface area (Å²) in [7, 11) is 1.39. The topological polar surface area (TPSA) is 76.0 Å². The summed E-state index contributed by atoms with van der Waals surface area (Å²) >= 11 is 0. The molecule has 1 saturated heterocycles. The number of aliphatic hydroxyl groups excluding tert-OH is 2. The van der Waals surface area contributed by atoms with Crippen molar-refractivity contribution in [2.45, 2.75) is 95.5 Å². The Morgan fingerprint density at radius 3 is 2.65 bits per heavy atom. The van der Waals surface area contributed by atoms with E-state index in [0.29, 0.717) is 25.7 Å². The molecule has 1 rings (SSSR count). The molecule has 2 unspecified atom stereocenters. The molecule has 0 aromatic carbocycles. The third-order valence-electron chi connectivity index (χ3n) is 4.71. The molecule has 1 aliphatic heterocycles. The summed E-state index contributed by atoms with van der Waals surface area (Å²) in [5, 5.41) is 20.4. The molecule has 0 aromatic rings. The summed E-state index contributed by atoms with van der Waals surface area (Å²) < 4.78 is 10.4. The van der Waals surface area contributed by atoms with Crippen molar-refractivity contribution in [3.8, 4) is 0 Å². The fourth-order valence-electron chi connectivity index (χ4n) is 3.05. The molecule has 1 aliphatic rings. The summed E-state index contributed by atoms with van der Waals surface area (Å²) in [6.07, 6.45) is 14.8. The van der Waals surface area contributed by atoms with Crippen molar-refractivity contribution in [3.63, 3.8) is 0 Å². The van der Waals surface area contributed by atoms with Crippen molar-refractivity contribution >= 4 is 5.97 Å². The number of esters is 1. The second kappa shape index (κ2) is 14.0. The maximum absolute atomic E-state index is 11.0. The van der Waals surface area contributed by atoms with Crippen LogP contribution in [0.2, 0.25) is 0 Å². The highest BCUT2D eigenvalue weighted by molar-refractivity contribution is 5.69. The van der Waals surface area contributed by atoms with Gasteiger partial charge in [0, 0.05) is 12.8 Å². The lowest BCUT2D eigenvalue weighted by molar-refractivity contribution is -0.140. The summed E-state index contributed by atoms with van der Waals surface area (Å²) in [6, 6.07) is 0. The predicted octanol–water partition coefficient (Wildman–Crippen LogP) is 3.68. The number of aliphatic hydroxyl groups is 2. The standard InChI is InChI=1S/C21H36O5/c1-3-4-5-6-7-10-13-17(22)20-16-18(23)19(26-20)14-11-8-9-12-15-21(24)25-2/h7-8,10-11,17-20,22-23H,3-6,9,12-16H2,1-2H3/t17?,18?,19-,20+/m0/s1. The lowest BCUT2D eigenvalue weighted by Gasteiger charge is -2.17.